The molecule has 20 heavy (non-hydrogen) atoms. The van der Waals surface area contributed by atoms with Gasteiger partial charge in [0.1, 0.15) is 0 Å². The third kappa shape index (κ3) is 6.19. The van der Waals surface area contributed by atoms with Crippen LogP contribution in [0.4, 0.5) is 5.69 Å². The van der Waals surface area contributed by atoms with Gasteiger partial charge in [-0.1, -0.05) is 18.2 Å². The van der Waals surface area contributed by atoms with E-state index in [0.717, 1.165) is 5.69 Å². The van der Waals surface area contributed by atoms with Gasteiger partial charge < -0.3 is 20.3 Å². The number of ether oxygens (including phenoxy) is 1. The number of para-hydroxylation sites is 1. The number of carbonyl (C=O) groups is 2. The van der Waals surface area contributed by atoms with E-state index in [4.69, 9.17) is 4.74 Å². The number of benzene rings is 1. The maximum atomic E-state index is 11.8. The summed E-state index contributed by atoms with van der Waals surface area (Å²) in [4.78, 5) is 24.8. The Morgan fingerprint density at radius 2 is 1.95 bits per heavy atom. The van der Waals surface area contributed by atoms with E-state index < -0.39 is 0 Å². The number of amides is 2. The molecule has 0 saturated heterocycles. The molecule has 0 spiro atoms. The third-order valence-electron chi connectivity index (χ3n) is 2.65. The average molecular weight is 279 g/mol. The van der Waals surface area contributed by atoms with Crippen LogP contribution in [0.5, 0.6) is 0 Å². The van der Waals surface area contributed by atoms with Crippen LogP contribution in [-0.4, -0.2) is 57.1 Å². The molecule has 0 bridgehead atoms. The molecule has 1 aromatic rings. The van der Waals surface area contributed by atoms with Gasteiger partial charge >= 0.3 is 0 Å². The zero-order valence-electron chi connectivity index (χ0n) is 11.9. The second-order valence-corrected chi connectivity index (χ2v) is 4.31. The lowest BCUT2D eigenvalue weighted by molar-refractivity contribution is -0.133. The van der Waals surface area contributed by atoms with Crippen molar-refractivity contribution in [3.8, 4) is 0 Å². The van der Waals surface area contributed by atoms with E-state index in [1.807, 2.05) is 30.3 Å². The minimum absolute atomic E-state index is 0.0407. The van der Waals surface area contributed by atoms with Crippen molar-refractivity contribution in [3.63, 3.8) is 0 Å². The maximum Gasteiger partial charge on any atom is 0.242 e. The fourth-order valence-corrected chi connectivity index (χ4v) is 1.52. The van der Waals surface area contributed by atoms with E-state index in [-0.39, 0.29) is 24.9 Å². The van der Waals surface area contributed by atoms with Crippen LogP contribution in [0.25, 0.3) is 0 Å². The second kappa shape index (κ2) is 8.92. The number of rotatable bonds is 8. The topological polar surface area (TPSA) is 70.7 Å². The van der Waals surface area contributed by atoms with Crippen LogP contribution < -0.4 is 10.6 Å². The van der Waals surface area contributed by atoms with Crippen molar-refractivity contribution in [1.82, 2.24) is 10.2 Å². The lowest BCUT2D eigenvalue weighted by Crippen LogP contribution is -2.41. The van der Waals surface area contributed by atoms with Gasteiger partial charge in [-0.2, -0.15) is 0 Å². The smallest absolute Gasteiger partial charge is 0.242 e. The number of methoxy groups -OCH3 is 1. The van der Waals surface area contributed by atoms with Crippen molar-refractivity contribution >= 4 is 17.5 Å². The summed E-state index contributed by atoms with van der Waals surface area (Å²) >= 11 is 0. The summed E-state index contributed by atoms with van der Waals surface area (Å²) in [5.74, 6) is -0.339. The van der Waals surface area contributed by atoms with E-state index in [2.05, 4.69) is 10.6 Å². The highest BCUT2D eigenvalue weighted by Gasteiger charge is 2.12. The molecule has 0 aliphatic rings. The lowest BCUT2D eigenvalue weighted by Gasteiger charge is -2.17. The van der Waals surface area contributed by atoms with Crippen molar-refractivity contribution in [3.05, 3.63) is 30.3 Å². The molecule has 0 aromatic heterocycles. The first-order valence-electron chi connectivity index (χ1n) is 6.42. The predicted molar refractivity (Wildman–Crippen MR) is 77.5 cm³/mol. The number of carbonyl (C=O) groups excluding carboxylic acids is 2. The Balaban J connectivity index is 2.26. The van der Waals surface area contributed by atoms with Gasteiger partial charge in [0, 0.05) is 26.4 Å². The van der Waals surface area contributed by atoms with Gasteiger partial charge in [0.25, 0.3) is 0 Å². The molecule has 0 saturated carbocycles. The molecule has 0 unspecified atom stereocenters. The van der Waals surface area contributed by atoms with Gasteiger partial charge in [-0.15, -0.1) is 0 Å². The Morgan fingerprint density at radius 3 is 2.60 bits per heavy atom. The summed E-state index contributed by atoms with van der Waals surface area (Å²) < 4.78 is 4.83. The third-order valence-corrected chi connectivity index (χ3v) is 2.65. The van der Waals surface area contributed by atoms with Gasteiger partial charge in [-0.25, -0.2) is 0 Å². The SMILES string of the molecule is COCCNC(=O)CN(C)C(=O)CNc1ccccc1. The lowest BCUT2D eigenvalue weighted by atomic mass is 10.3. The molecule has 0 heterocycles. The van der Waals surface area contributed by atoms with Crippen LogP contribution in [0, 0.1) is 0 Å². The van der Waals surface area contributed by atoms with E-state index >= 15 is 0 Å². The number of likely N-dealkylation sites (N-methyl/N-ethyl adjacent to an activating group) is 1. The van der Waals surface area contributed by atoms with Crippen molar-refractivity contribution < 1.29 is 14.3 Å². The van der Waals surface area contributed by atoms with Gasteiger partial charge in [-0.05, 0) is 12.1 Å². The molecule has 1 rings (SSSR count). The molecule has 1 aromatic carbocycles. The Kier molecular flexibility index (Phi) is 7.13. The minimum Gasteiger partial charge on any atom is -0.383 e. The normalized spacial score (nSPS) is 9.90. The fourth-order valence-electron chi connectivity index (χ4n) is 1.52. The molecule has 110 valence electrons. The Labute approximate surface area is 119 Å². The highest BCUT2D eigenvalue weighted by atomic mass is 16.5. The first kappa shape index (κ1) is 16.0. The quantitative estimate of drug-likeness (QED) is 0.672. The largest absolute Gasteiger partial charge is 0.383 e. The molecule has 0 fully saturated rings. The van der Waals surface area contributed by atoms with Gasteiger partial charge in [0.05, 0.1) is 19.7 Å². The highest BCUT2D eigenvalue weighted by molar-refractivity contribution is 5.86. The molecule has 0 aliphatic carbocycles. The molecule has 2 amide bonds. The highest BCUT2D eigenvalue weighted by Crippen LogP contribution is 2.04. The summed E-state index contributed by atoms with van der Waals surface area (Å²) in [6.07, 6.45) is 0. The number of nitrogens with one attached hydrogen (secondary N) is 2. The number of hydrogen-bond donors (Lipinski definition) is 2. The van der Waals surface area contributed by atoms with Crippen molar-refractivity contribution in [2.75, 3.05) is 45.7 Å². The first-order valence-corrected chi connectivity index (χ1v) is 6.42. The number of nitrogens with zero attached hydrogens (tertiary/aromatic N) is 1. The molecular weight excluding hydrogens is 258 g/mol. The van der Waals surface area contributed by atoms with E-state index in [1.165, 1.54) is 4.90 Å². The monoisotopic (exact) mass is 279 g/mol. The first-order chi connectivity index (χ1) is 9.63. The van der Waals surface area contributed by atoms with Crippen molar-refractivity contribution in [2.45, 2.75) is 0 Å². The maximum absolute atomic E-state index is 11.8. The Hall–Kier alpha value is -2.08. The molecule has 6 heteroatoms. The summed E-state index contributed by atoms with van der Waals surface area (Å²) in [5.41, 5.74) is 0.874. The van der Waals surface area contributed by atoms with Crippen LogP contribution in [0.1, 0.15) is 0 Å². The van der Waals surface area contributed by atoms with Gasteiger partial charge in [-0.3, -0.25) is 9.59 Å². The van der Waals surface area contributed by atoms with Gasteiger partial charge in [0.2, 0.25) is 11.8 Å². The molecule has 2 N–H and O–H groups in total. The van der Waals surface area contributed by atoms with E-state index in [0.29, 0.717) is 13.2 Å². The van der Waals surface area contributed by atoms with Crippen LogP contribution in [0.3, 0.4) is 0 Å². The average Bonchev–Trinajstić information content (AvgIpc) is 2.46. The Morgan fingerprint density at radius 1 is 1.25 bits per heavy atom. The summed E-state index contributed by atoms with van der Waals surface area (Å²) in [5, 5.41) is 5.67. The number of anilines is 1. The zero-order valence-corrected chi connectivity index (χ0v) is 11.9. The van der Waals surface area contributed by atoms with Crippen molar-refractivity contribution in [1.29, 1.82) is 0 Å². The van der Waals surface area contributed by atoms with Crippen LogP contribution in [0.2, 0.25) is 0 Å². The minimum atomic E-state index is -0.197. The standard InChI is InChI=1S/C14H21N3O3/c1-17(11-13(18)15-8-9-20-2)14(19)10-16-12-6-4-3-5-7-12/h3-7,16H,8-11H2,1-2H3,(H,15,18). The Bertz CT molecular complexity index is 423. The van der Waals surface area contributed by atoms with Gasteiger partial charge in [0.15, 0.2) is 0 Å². The molecule has 0 atom stereocenters. The fraction of sp³-hybridized carbons (Fsp3) is 0.429. The predicted octanol–water partition coefficient (Wildman–Crippen LogP) is 0.320. The summed E-state index contributed by atoms with van der Waals surface area (Å²) in [7, 11) is 3.17. The second-order valence-electron chi connectivity index (χ2n) is 4.31. The van der Waals surface area contributed by atoms with E-state index in [9.17, 15) is 9.59 Å². The molecule has 0 aliphatic heterocycles. The zero-order chi connectivity index (χ0) is 14.8. The summed E-state index contributed by atoms with van der Waals surface area (Å²) in [6.45, 7) is 1.10. The van der Waals surface area contributed by atoms with E-state index in [1.54, 1.807) is 14.2 Å². The van der Waals surface area contributed by atoms with Crippen LogP contribution in [0.15, 0.2) is 30.3 Å². The molecular formula is C14H21N3O3. The molecule has 6 nitrogen and oxygen atoms in total. The number of hydrogen-bond acceptors (Lipinski definition) is 4. The summed E-state index contributed by atoms with van der Waals surface area (Å²) in [6, 6.07) is 9.44. The van der Waals surface area contributed by atoms with Crippen LogP contribution in [-0.2, 0) is 14.3 Å². The van der Waals surface area contributed by atoms with Crippen molar-refractivity contribution in [2.24, 2.45) is 0 Å². The molecule has 0 radical (unpaired) electrons. The van der Waals surface area contributed by atoms with Crippen LogP contribution >= 0.6 is 0 Å².